The van der Waals surface area contributed by atoms with Gasteiger partial charge in [-0.25, -0.2) is 8.42 Å². The van der Waals surface area contributed by atoms with E-state index in [2.05, 4.69) is 5.32 Å². The van der Waals surface area contributed by atoms with Gasteiger partial charge in [0, 0.05) is 29.7 Å². The molecule has 0 aromatic heterocycles. The fourth-order valence-electron chi connectivity index (χ4n) is 3.43. The van der Waals surface area contributed by atoms with Crippen molar-refractivity contribution >= 4 is 50.7 Å². The van der Waals surface area contributed by atoms with Gasteiger partial charge >= 0.3 is 0 Å². The van der Waals surface area contributed by atoms with Crippen LogP contribution in [0.2, 0.25) is 15.1 Å². The molecule has 6 nitrogen and oxygen atoms in total. The third-order valence-corrected chi connectivity index (χ3v) is 7.81. The lowest BCUT2D eigenvalue weighted by molar-refractivity contribution is -0.126. The van der Waals surface area contributed by atoms with Crippen LogP contribution in [0.5, 0.6) is 5.75 Å². The molecule has 0 radical (unpaired) electrons. The summed E-state index contributed by atoms with van der Waals surface area (Å²) in [6, 6.07) is 9.46. The van der Waals surface area contributed by atoms with Crippen molar-refractivity contribution in [2.45, 2.75) is 31.2 Å². The molecule has 1 amide bonds. The maximum atomic E-state index is 13.1. The van der Waals surface area contributed by atoms with Crippen molar-refractivity contribution in [1.82, 2.24) is 9.62 Å². The fraction of sp³-hybridized carbons (Fsp3) is 0.381. The third-order valence-electron chi connectivity index (χ3n) is 5.06. The Kier molecular flexibility index (Phi) is 8.10. The summed E-state index contributed by atoms with van der Waals surface area (Å²) in [5, 5.41) is 4.06. The first-order valence-electron chi connectivity index (χ1n) is 9.86. The minimum Gasteiger partial charge on any atom is -0.492 e. The third kappa shape index (κ3) is 5.84. The second-order valence-corrected chi connectivity index (χ2v) is 10.4. The summed E-state index contributed by atoms with van der Waals surface area (Å²) in [5.74, 6) is -0.233. The fourth-order valence-corrected chi connectivity index (χ4v) is 5.76. The van der Waals surface area contributed by atoms with Crippen molar-refractivity contribution in [3.05, 3.63) is 57.0 Å². The van der Waals surface area contributed by atoms with E-state index in [0.717, 1.165) is 5.56 Å². The zero-order chi connectivity index (χ0) is 22.6. The molecule has 31 heavy (non-hydrogen) atoms. The van der Waals surface area contributed by atoms with Crippen molar-refractivity contribution in [3.8, 4) is 5.75 Å². The highest BCUT2D eigenvalue weighted by Crippen LogP contribution is 2.30. The van der Waals surface area contributed by atoms with Gasteiger partial charge in [-0.05, 0) is 55.7 Å². The summed E-state index contributed by atoms with van der Waals surface area (Å²) in [5.41, 5.74) is 0.740. The molecule has 1 heterocycles. The van der Waals surface area contributed by atoms with E-state index in [1.165, 1.54) is 16.4 Å². The van der Waals surface area contributed by atoms with Gasteiger partial charge in [0.2, 0.25) is 15.9 Å². The topological polar surface area (TPSA) is 75.7 Å². The van der Waals surface area contributed by atoms with Gasteiger partial charge in [0.25, 0.3) is 0 Å². The number of hydrogen-bond donors (Lipinski definition) is 1. The number of hydrogen-bond acceptors (Lipinski definition) is 4. The minimum absolute atomic E-state index is 0.0787. The summed E-state index contributed by atoms with van der Waals surface area (Å²) in [6.45, 7) is 2.94. The number of carbonyl (C=O) groups excluding carboxylic acids is 1. The molecule has 1 aliphatic rings. The summed E-state index contributed by atoms with van der Waals surface area (Å²) in [7, 11) is -3.78. The highest BCUT2D eigenvalue weighted by atomic mass is 35.5. The molecule has 2 aromatic carbocycles. The first kappa shape index (κ1) is 24.1. The van der Waals surface area contributed by atoms with E-state index in [1.807, 2.05) is 6.92 Å². The van der Waals surface area contributed by atoms with Crippen LogP contribution < -0.4 is 10.1 Å². The second-order valence-electron chi connectivity index (χ2n) is 7.18. The smallest absolute Gasteiger partial charge is 0.243 e. The SMILES string of the molecule is CCOc1ccc(S(=O)(=O)N2CCC[C@H](C(=O)NCc3ccc(Cl)cc3Cl)C2)cc1Cl. The largest absolute Gasteiger partial charge is 0.492 e. The molecule has 2 aromatic rings. The second kappa shape index (κ2) is 10.4. The van der Waals surface area contributed by atoms with E-state index >= 15 is 0 Å². The van der Waals surface area contributed by atoms with Crippen LogP contribution in [0, 0.1) is 5.92 Å². The number of piperidine rings is 1. The maximum Gasteiger partial charge on any atom is 0.243 e. The number of amides is 1. The van der Waals surface area contributed by atoms with Crippen LogP contribution >= 0.6 is 34.8 Å². The number of halogens is 3. The average molecular weight is 506 g/mol. The highest BCUT2D eigenvalue weighted by Gasteiger charge is 2.33. The lowest BCUT2D eigenvalue weighted by Gasteiger charge is -2.31. The molecule has 0 aliphatic carbocycles. The Morgan fingerprint density at radius 2 is 1.94 bits per heavy atom. The lowest BCUT2D eigenvalue weighted by atomic mass is 9.99. The summed E-state index contributed by atoms with van der Waals surface area (Å²) < 4.78 is 32.9. The Hall–Kier alpha value is -1.51. The Labute approximate surface area is 197 Å². The number of nitrogens with zero attached hydrogens (tertiary/aromatic N) is 1. The highest BCUT2D eigenvalue weighted by molar-refractivity contribution is 7.89. The zero-order valence-corrected chi connectivity index (χ0v) is 20.0. The van der Waals surface area contributed by atoms with E-state index < -0.39 is 15.9 Å². The Balaban J connectivity index is 1.67. The first-order chi connectivity index (χ1) is 14.7. The van der Waals surface area contributed by atoms with E-state index in [4.69, 9.17) is 39.5 Å². The Morgan fingerprint density at radius 1 is 1.16 bits per heavy atom. The number of carbonyl (C=O) groups is 1. The lowest BCUT2D eigenvalue weighted by Crippen LogP contribution is -2.45. The molecular formula is C21H23Cl3N2O4S. The van der Waals surface area contributed by atoms with Crippen LogP contribution in [-0.2, 0) is 21.4 Å². The molecule has 0 saturated carbocycles. The van der Waals surface area contributed by atoms with Crippen molar-refractivity contribution in [2.75, 3.05) is 19.7 Å². The van der Waals surface area contributed by atoms with Crippen LogP contribution in [0.4, 0.5) is 0 Å². The number of rotatable bonds is 7. The number of benzene rings is 2. The van der Waals surface area contributed by atoms with Crippen molar-refractivity contribution in [1.29, 1.82) is 0 Å². The Morgan fingerprint density at radius 3 is 2.61 bits per heavy atom. The molecule has 0 unspecified atom stereocenters. The van der Waals surface area contributed by atoms with E-state index in [9.17, 15) is 13.2 Å². The summed E-state index contributed by atoms with van der Waals surface area (Å²) in [6.07, 6.45) is 1.19. The van der Waals surface area contributed by atoms with Crippen molar-refractivity contribution in [2.24, 2.45) is 5.92 Å². The van der Waals surface area contributed by atoms with Gasteiger partial charge in [-0.2, -0.15) is 4.31 Å². The molecule has 1 aliphatic heterocycles. The van der Waals surface area contributed by atoms with Crippen molar-refractivity contribution in [3.63, 3.8) is 0 Å². The Bertz CT molecular complexity index is 1060. The van der Waals surface area contributed by atoms with Gasteiger partial charge in [-0.15, -0.1) is 0 Å². The van der Waals surface area contributed by atoms with Gasteiger partial charge in [0.1, 0.15) is 5.75 Å². The van der Waals surface area contributed by atoms with Crippen LogP contribution in [0.25, 0.3) is 0 Å². The monoisotopic (exact) mass is 504 g/mol. The van der Waals surface area contributed by atoms with Crippen LogP contribution in [-0.4, -0.2) is 38.3 Å². The zero-order valence-electron chi connectivity index (χ0n) is 16.9. The molecule has 3 rings (SSSR count). The van der Waals surface area contributed by atoms with Gasteiger partial charge in [-0.1, -0.05) is 40.9 Å². The van der Waals surface area contributed by atoms with E-state index in [-0.39, 0.29) is 28.9 Å². The quantitative estimate of drug-likeness (QED) is 0.588. The predicted molar refractivity (Wildman–Crippen MR) is 122 cm³/mol. The number of ether oxygens (including phenoxy) is 1. The minimum atomic E-state index is -3.78. The van der Waals surface area contributed by atoms with Gasteiger partial charge in [0.15, 0.2) is 0 Å². The molecule has 1 saturated heterocycles. The number of sulfonamides is 1. The molecule has 168 valence electrons. The molecule has 10 heteroatoms. The van der Waals surface area contributed by atoms with Gasteiger partial charge in [0.05, 0.1) is 22.4 Å². The molecule has 0 spiro atoms. The van der Waals surface area contributed by atoms with E-state index in [1.54, 1.807) is 24.3 Å². The average Bonchev–Trinajstić information content (AvgIpc) is 2.74. The van der Waals surface area contributed by atoms with Crippen molar-refractivity contribution < 1.29 is 17.9 Å². The number of nitrogens with one attached hydrogen (secondary N) is 1. The summed E-state index contributed by atoms with van der Waals surface area (Å²) in [4.78, 5) is 12.8. The summed E-state index contributed by atoms with van der Waals surface area (Å²) >= 11 is 18.2. The predicted octanol–water partition coefficient (Wildman–Crippen LogP) is 4.76. The molecule has 0 bridgehead atoms. The van der Waals surface area contributed by atoms with Crippen LogP contribution in [0.1, 0.15) is 25.3 Å². The molecule has 1 atom stereocenters. The van der Waals surface area contributed by atoms with Gasteiger partial charge < -0.3 is 10.1 Å². The van der Waals surface area contributed by atoms with E-state index in [0.29, 0.717) is 41.8 Å². The molecule has 1 fully saturated rings. The van der Waals surface area contributed by atoms with Crippen LogP contribution in [0.15, 0.2) is 41.3 Å². The molecule has 1 N–H and O–H groups in total. The first-order valence-corrected chi connectivity index (χ1v) is 12.4. The van der Waals surface area contributed by atoms with Crippen LogP contribution in [0.3, 0.4) is 0 Å². The van der Waals surface area contributed by atoms with Gasteiger partial charge in [-0.3, -0.25) is 4.79 Å². The maximum absolute atomic E-state index is 13.1. The normalized spacial score (nSPS) is 17.4. The molecular weight excluding hydrogens is 483 g/mol. The standard InChI is InChI=1S/C21H23Cl3N2O4S/c1-2-30-20-8-7-17(11-19(20)24)31(28,29)26-9-3-4-15(13-26)21(27)25-12-14-5-6-16(22)10-18(14)23/h5-8,10-11,15H,2-4,9,12-13H2,1H3,(H,25,27)/t15-/m0/s1.